The van der Waals surface area contributed by atoms with Gasteiger partial charge < -0.3 is 0 Å². The average Bonchev–Trinajstić information content (AvgIpc) is 2.73. The molecule has 0 atom stereocenters. The summed E-state index contributed by atoms with van der Waals surface area (Å²) in [4.78, 5) is 9.13. The van der Waals surface area contributed by atoms with Crippen LogP contribution in [0.25, 0.3) is 0 Å². The zero-order valence-corrected chi connectivity index (χ0v) is 12.9. The highest BCUT2D eigenvalue weighted by Gasteiger charge is 2.26. The van der Waals surface area contributed by atoms with E-state index in [-0.39, 0.29) is 5.41 Å². The van der Waals surface area contributed by atoms with Crippen molar-refractivity contribution in [3.05, 3.63) is 21.1 Å². The van der Waals surface area contributed by atoms with Gasteiger partial charge in [-0.1, -0.05) is 45.2 Å². The Hall–Kier alpha value is -0.150. The van der Waals surface area contributed by atoms with E-state index < -0.39 is 0 Å². The monoisotopic (exact) mass is 316 g/mol. The summed E-state index contributed by atoms with van der Waals surface area (Å²) in [6.45, 7) is 6.35. The maximum absolute atomic E-state index is 6.21. The molecule has 2 rings (SSSR count). The number of nitrogens with zero attached hydrogens (tertiary/aromatic N) is 2. The molecule has 1 heterocycles. The largest absolute Gasteiger partial charge is 0.236 e. The Bertz CT molecular complexity index is 420. The summed E-state index contributed by atoms with van der Waals surface area (Å²) in [6, 6.07) is 0. The van der Waals surface area contributed by atoms with Gasteiger partial charge in [0.15, 0.2) is 0 Å². The van der Waals surface area contributed by atoms with Gasteiger partial charge in [-0.05, 0) is 28.8 Å². The van der Waals surface area contributed by atoms with Gasteiger partial charge >= 0.3 is 0 Å². The van der Waals surface area contributed by atoms with E-state index in [0.717, 1.165) is 16.0 Å². The van der Waals surface area contributed by atoms with Crippen molar-refractivity contribution in [1.82, 2.24) is 9.97 Å². The van der Waals surface area contributed by atoms with E-state index in [1.54, 1.807) is 0 Å². The van der Waals surface area contributed by atoms with Crippen molar-refractivity contribution in [1.29, 1.82) is 0 Å². The lowest BCUT2D eigenvalue weighted by atomic mass is 9.95. The van der Waals surface area contributed by atoms with Crippen molar-refractivity contribution >= 4 is 27.5 Å². The maximum atomic E-state index is 6.21. The normalized spacial score (nSPS) is 17.7. The predicted octanol–water partition coefficient (Wildman–Crippen LogP) is 4.85. The van der Waals surface area contributed by atoms with E-state index in [9.17, 15) is 0 Å². The van der Waals surface area contributed by atoms with E-state index in [2.05, 4.69) is 41.7 Å². The van der Waals surface area contributed by atoms with Crippen LogP contribution in [-0.4, -0.2) is 9.97 Å². The molecule has 1 fully saturated rings. The summed E-state index contributed by atoms with van der Waals surface area (Å²) >= 11 is 9.74. The molecule has 0 spiro atoms. The molecule has 4 heteroatoms. The molecule has 0 aromatic carbocycles. The molecular formula is C13H18BrClN2. The Morgan fingerprint density at radius 3 is 2.29 bits per heavy atom. The van der Waals surface area contributed by atoms with Gasteiger partial charge in [0.1, 0.15) is 11.0 Å². The minimum atomic E-state index is -0.0578. The minimum absolute atomic E-state index is 0.0578. The third kappa shape index (κ3) is 2.82. The predicted molar refractivity (Wildman–Crippen MR) is 74.7 cm³/mol. The molecular weight excluding hydrogens is 300 g/mol. The van der Waals surface area contributed by atoms with E-state index in [0.29, 0.717) is 11.1 Å². The first-order chi connectivity index (χ1) is 7.89. The van der Waals surface area contributed by atoms with Gasteiger partial charge in [0.05, 0.1) is 10.2 Å². The Balaban J connectivity index is 2.46. The van der Waals surface area contributed by atoms with Gasteiger partial charge in [-0.25, -0.2) is 9.97 Å². The highest BCUT2D eigenvalue weighted by atomic mass is 79.9. The Labute approximate surface area is 116 Å². The average molecular weight is 318 g/mol. The van der Waals surface area contributed by atoms with E-state index >= 15 is 0 Å². The highest BCUT2D eigenvalue weighted by Crippen LogP contribution is 2.39. The molecule has 1 saturated carbocycles. The molecule has 0 bridgehead atoms. The van der Waals surface area contributed by atoms with Crippen molar-refractivity contribution in [2.45, 2.75) is 57.8 Å². The van der Waals surface area contributed by atoms with Crippen molar-refractivity contribution in [3.63, 3.8) is 0 Å². The second-order valence-corrected chi connectivity index (χ2v) is 6.92. The second kappa shape index (κ2) is 4.85. The standard InChI is InChI=1S/C13H18BrClN2/c1-13(2,3)12-16-10(8-6-4-5-7-8)9(14)11(15)17-12/h8H,4-7H2,1-3H3. The third-order valence-electron chi connectivity index (χ3n) is 3.25. The van der Waals surface area contributed by atoms with Gasteiger partial charge in [0.25, 0.3) is 0 Å². The lowest BCUT2D eigenvalue weighted by molar-refractivity contribution is 0.534. The fourth-order valence-electron chi connectivity index (χ4n) is 2.24. The fourth-order valence-corrected chi connectivity index (χ4v) is 2.92. The number of hydrogen-bond donors (Lipinski definition) is 0. The van der Waals surface area contributed by atoms with Crippen LogP contribution in [0.4, 0.5) is 0 Å². The molecule has 2 nitrogen and oxygen atoms in total. The molecule has 0 saturated heterocycles. The summed E-state index contributed by atoms with van der Waals surface area (Å²) in [7, 11) is 0. The zero-order valence-electron chi connectivity index (χ0n) is 10.6. The summed E-state index contributed by atoms with van der Waals surface area (Å²) in [6.07, 6.45) is 5.03. The van der Waals surface area contributed by atoms with Gasteiger partial charge in [-0.3, -0.25) is 0 Å². The zero-order chi connectivity index (χ0) is 12.6. The van der Waals surface area contributed by atoms with E-state index in [4.69, 9.17) is 16.6 Å². The highest BCUT2D eigenvalue weighted by molar-refractivity contribution is 9.10. The van der Waals surface area contributed by atoms with Gasteiger partial charge in [0, 0.05) is 11.3 Å². The molecule has 94 valence electrons. The molecule has 0 aliphatic heterocycles. The van der Waals surface area contributed by atoms with Crippen molar-refractivity contribution in [2.24, 2.45) is 0 Å². The Morgan fingerprint density at radius 2 is 1.76 bits per heavy atom. The molecule has 1 aliphatic carbocycles. The SMILES string of the molecule is CC(C)(C)c1nc(Cl)c(Br)c(C2CCCC2)n1. The van der Waals surface area contributed by atoms with Crippen LogP contribution in [0, 0.1) is 0 Å². The van der Waals surface area contributed by atoms with Crippen LogP contribution in [0.5, 0.6) is 0 Å². The minimum Gasteiger partial charge on any atom is -0.236 e. The van der Waals surface area contributed by atoms with Crippen LogP contribution in [-0.2, 0) is 5.41 Å². The first kappa shape index (κ1) is 13.3. The summed E-state index contributed by atoms with van der Waals surface area (Å²) in [5.41, 5.74) is 1.05. The topological polar surface area (TPSA) is 25.8 Å². The van der Waals surface area contributed by atoms with Gasteiger partial charge in [-0.2, -0.15) is 0 Å². The van der Waals surface area contributed by atoms with Crippen LogP contribution in [0.2, 0.25) is 5.15 Å². The number of aromatic nitrogens is 2. The van der Waals surface area contributed by atoms with Crippen LogP contribution >= 0.6 is 27.5 Å². The summed E-state index contributed by atoms with van der Waals surface area (Å²) in [5, 5.41) is 0.548. The lowest BCUT2D eigenvalue weighted by Crippen LogP contribution is -2.18. The Kier molecular flexibility index (Phi) is 3.79. The molecule has 0 unspecified atom stereocenters. The quantitative estimate of drug-likeness (QED) is 0.692. The fraction of sp³-hybridized carbons (Fsp3) is 0.692. The molecule has 1 aliphatic rings. The van der Waals surface area contributed by atoms with E-state index in [1.807, 2.05) is 0 Å². The first-order valence-electron chi connectivity index (χ1n) is 6.13. The molecule has 0 radical (unpaired) electrons. The van der Waals surface area contributed by atoms with Crippen LogP contribution in [0.1, 0.15) is 63.9 Å². The number of rotatable bonds is 1. The number of hydrogen-bond acceptors (Lipinski definition) is 2. The second-order valence-electron chi connectivity index (χ2n) is 5.77. The van der Waals surface area contributed by atoms with Gasteiger partial charge in [-0.15, -0.1) is 0 Å². The van der Waals surface area contributed by atoms with Gasteiger partial charge in [0.2, 0.25) is 0 Å². The summed E-state index contributed by atoms with van der Waals surface area (Å²) in [5.74, 6) is 1.39. The molecule has 0 N–H and O–H groups in total. The van der Waals surface area contributed by atoms with Crippen LogP contribution in [0.15, 0.2) is 4.47 Å². The summed E-state index contributed by atoms with van der Waals surface area (Å²) < 4.78 is 0.888. The molecule has 1 aromatic heterocycles. The molecule has 17 heavy (non-hydrogen) atoms. The Morgan fingerprint density at radius 1 is 1.18 bits per heavy atom. The molecule has 1 aromatic rings. The third-order valence-corrected chi connectivity index (χ3v) is 4.53. The maximum Gasteiger partial charge on any atom is 0.147 e. The first-order valence-corrected chi connectivity index (χ1v) is 7.30. The van der Waals surface area contributed by atoms with Crippen LogP contribution < -0.4 is 0 Å². The molecule has 0 amide bonds. The lowest BCUT2D eigenvalue weighted by Gasteiger charge is -2.20. The van der Waals surface area contributed by atoms with Crippen molar-refractivity contribution < 1.29 is 0 Å². The van der Waals surface area contributed by atoms with Crippen molar-refractivity contribution in [3.8, 4) is 0 Å². The van der Waals surface area contributed by atoms with E-state index in [1.165, 1.54) is 25.7 Å². The van der Waals surface area contributed by atoms with Crippen molar-refractivity contribution in [2.75, 3.05) is 0 Å². The number of halogens is 2. The van der Waals surface area contributed by atoms with Crippen LogP contribution in [0.3, 0.4) is 0 Å². The smallest absolute Gasteiger partial charge is 0.147 e.